The summed E-state index contributed by atoms with van der Waals surface area (Å²) in [5.41, 5.74) is 7.13. The molecule has 0 atom stereocenters. The lowest BCUT2D eigenvalue weighted by atomic mass is 9.90. The third-order valence-electron chi connectivity index (χ3n) is 10.1. The van der Waals surface area contributed by atoms with Crippen molar-refractivity contribution < 1.29 is 19.4 Å². The predicted octanol–water partition coefficient (Wildman–Crippen LogP) is 9.84. The van der Waals surface area contributed by atoms with Crippen LogP contribution in [0.2, 0.25) is 0 Å². The summed E-state index contributed by atoms with van der Waals surface area (Å²) in [6.07, 6.45) is 12.6. The van der Waals surface area contributed by atoms with Gasteiger partial charge in [-0.3, -0.25) is 0 Å². The molecule has 2 aliphatic carbocycles. The van der Waals surface area contributed by atoms with Crippen LogP contribution in [0, 0.1) is 0 Å². The van der Waals surface area contributed by atoms with Gasteiger partial charge in [0.2, 0.25) is 0 Å². The summed E-state index contributed by atoms with van der Waals surface area (Å²) in [4.78, 5) is 29.8. The molecule has 0 bridgehead atoms. The van der Waals surface area contributed by atoms with Crippen LogP contribution in [0.25, 0.3) is 11.1 Å². The van der Waals surface area contributed by atoms with Crippen molar-refractivity contribution in [2.45, 2.75) is 88.6 Å². The zero-order chi connectivity index (χ0) is 33.5. The molecule has 1 N–H and O–H groups in total. The van der Waals surface area contributed by atoms with Crippen molar-refractivity contribution in [2.24, 2.45) is 0 Å². The van der Waals surface area contributed by atoms with E-state index in [1.807, 2.05) is 54.6 Å². The minimum absolute atomic E-state index is 0.0784. The monoisotopic (exact) mass is 661 g/mol. The molecule has 0 amide bonds. The molecule has 0 unspecified atom stereocenters. The molecule has 2 aliphatic rings. The zero-order valence-electron chi connectivity index (χ0n) is 28.4. The maximum atomic E-state index is 14.1. The van der Waals surface area contributed by atoms with E-state index in [9.17, 15) is 14.7 Å². The number of carboxylic acid groups (broad SMARTS) is 1. The largest absolute Gasteiger partial charge is 0.478 e. The molecule has 0 aromatic heterocycles. The molecule has 6 rings (SSSR count). The van der Waals surface area contributed by atoms with Gasteiger partial charge in [0, 0.05) is 25.3 Å². The van der Waals surface area contributed by atoms with Gasteiger partial charge in [-0.2, -0.15) is 0 Å². The molecule has 0 spiro atoms. The normalized spacial score (nSPS) is 15.7. The van der Waals surface area contributed by atoms with E-state index >= 15 is 0 Å². The first kappa shape index (κ1) is 33.9. The molecule has 2 fully saturated rings. The second kappa shape index (κ2) is 16.0. The number of hydrogen-bond donors (Lipinski definition) is 1. The molecular formula is C42H48NO4P. The third kappa shape index (κ3) is 7.68. The quantitative estimate of drug-likeness (QED) is 0.128. The number of para-hydroxylation sites is 1. The fourth-order valence-corrected chi connectivity index (χ4v) is 12.0. The van der Waals surface area contributed by atoms with Crippen LogP contribution in [0.5, 0.6) is 0 Å². The van der Waals surface area contributed by atoms with Crippen molar-refractivity contribution in [3.8, 4) is 11.1 Å². The summed E-state index contributed by atoms with van der Waals surface area (Å²) in [5, 5.41) is 12.3. The number of esters is 1. The number of carbonyl (C=O) groups excluding carboxylic acids is 1. The van der Waals surface area contributed by atoms with Gasteiger partial charge in [-0.05, 0) is 83.1 Å². The standard InChI is InChI=1S/C42H48NO4P/c1-43(2)38-26-16-15-25-34(38)35-28-37(42(46)47-29-31-19-9-4-10-20-31)39(41(44)45)36(27-30-17-7-3-8-18-30)40(35)48(32-21-11-5-12-22-32)33-23-13-6-14-24-33/h3-4,7-10,15-20,25-26,28,32-33H,5-6,11-14,21-24,27,29H2,1-2H3,(H,44,45). The smallest absolute Gasteiger partial charge is 0.339 e. The lowest BCUT2D eigenvalue weighted by Gasteiger charge is -2.41. The predicted molar refractivity (Wildman–Crippen MR) is 198 cm³/mol. The fraction of sp³-hybridized carbons (Fsp3) is 0.381. The second-order valence-corrected chi connectivity index (χ2v) is 16.3. The molecule has 2 saturated carbocycles. The van der Waals surface area contributed by atoms with Gasteiger partial charge in [-0.1, -0.05) is 125 Å². The average Bonchev–Trinajstić information content (AvgIpc) is 3.12. The molecule has 4 aromatic rings. The van der Waals surface area contributed by atoms with Gasteiger partial charge in [0.1, 0.15) is 6.61 Å². The van der Waals surface area contributed by atoms with Gasteiger partial charge in [0.05, 0.1) is 11.1 Å². The van der Waals surface area contributed by atoms with E-state index in [1.54, 1.807) is 0 Å². The summed E-state index contributed by atoms with van der Waals surface area (Å²) >= 11 is 0. The molecule has 5 nitrogen and oxygen atoms in total. The van der Waals surface area contributed by atoms with Crippen molar-refractivity contribution in [2.75, 3.05) is 19.0 Å². The van der Waals surface area contributed by atoms with Crippen LogP contribution < -0.4 is 10.2 Å². The number of ether oxygens (including phenoxy) is 1. The van der Waals surface area contributed by atoms with Crippen molar-refractivity contribution in [3.05, 3.63) is 119 Å². The highest BCUT2D eigenvalue weighted by molar-refractivity contribution is 7.67. The summed E-state index contributed by atoms with van der Waals surface area (Å²) in [7, 11) is 3.37. The molecule has 4 aromatic carbocycles. The number of carboxylic acids is 1. The third-order valence-corrected chi connectivity index (χ3v) is 13.8. The van der Waals surface area contributed by atoms with Crippen LogP contribution in [0.3, 0.4) is 0 Å². The highest BCUT2D eigenvalue weighted by Gasteiger charge is 2.38. The maximum Gasteiger partial charge on any atom is 0.339 e. The Balaban J connectivity index is 1.65. The molecule has 48 heavy (non-hydrogen) atoms. The van der Waals surface area contributed by atoms with Gasteiger partial charge in [-0.25, -0.2) is 9.59 Å². The van der Waals surface area contributed by atoms with Crippen molar-refractivity contribution >= 4 is 30.9 Å². The van der Waals surface area contributed by atoms with E-state index in [2.05, 4.69) is 55.4 Å². The van der Waals surface area contributed by atoms with Crippen molar-refractivity contribution in [1.29, 1.82) is 0 Å². The Morgan fingerprint density at radius 2 is 1.27 bits per heavy atom. The molecule has 0 heterocycles. The number of anilines is 1. The van der Waals surface area contributed by atoms with Crippen molar-refractivity contribution in [1.82, 2.24) is 0 Å². The number of hydrogen-bond acceptors (Lipinski definition) is 4. The van der Waals surface area contributed by atoms with Gasteiger partial charge in [0.15, 0.2) is 0 Å². The Hall–Kier alpha value is -3.95. The van der Waals surface area contributed by atoms with Crippen LogP contribution in [-0.2, 0) is 17.8 Å². The number of rotatable bonds is 11. The van der Waals surface area contributed by atoms with Gasteiger partial charge >= 0.3 is 11.9 Å². The molecule has 0 radical (unpaired) electrons. The first-order valence-corrected chi connectivity index (χ1v) is 19.1. The Morgan fingerprint density at radius 1 is 0.729 bits per heavy atom. The minimum atomic E-state index is -1.07. The number of aromatic carboxylic acids is 1. The first-order chi connectivity index (χ1) is 23.4. The SMILES string of the molecule is CN(C)c1ccccc1-c1cc(C(=O)OCc2ccccc2)c(C(=O)O)c(Cc2ccccc2)c1P(C1CCCCC1)C1CCCCC1. The number of benzene rings is 4. The lowest BCUT2D eigenvalue weighted by Crippen LogP contribution is -2.32. The van der Waals surface area contributed by atoms with E-state index in [-0.39, 0.29) is 17.7 Å². The number of carbonyl (C=O) groups is 2. The summed E-state index contributed by atoms with van der Waals surface area (Å²) < 4.78 is 5.90. The van der Waals surface area contributed by atoms with E-state index in [0.29, 0.717) is 17.7 Å². The van der Waals surface area contributed by atoms with Crippen molar-refractivity contribution in [3.63, 3.8) is 0 Å². The summed E-state index contributed by atoms with van der Waals surface area (Å²) in [6.45, 7) is 0.0784. The van der Waals surface area contributed by atoms with E-state index < -0.39 is 19.9 Å². The van der Waals surface area contributed by atoms with Crippen LogP contribution in [-0.4, -0.2) is 42.5 Å². The Labute approximate surface area is 287 Å². The summed E-state index contributed by atoms with van der Waals surface area (Å²) in [5.74, 6) is -1.66. The summed E-state index contributed by atoms with van der Waals surface area (Å²) in [6, 6.07) is 30.0. The second-order valence-electron chi connectivity index (χ2n) is 13.6. The van der Waals surface area contributed by atoms with Crippen LogP contribution in [0.1, 0.15) is 102 Å². The van der Waals surface area contributed by atoms with Gasteiger partial charge in [-0.15, -0.1) is 0 Å². The molecule has 0 saturated heterocycles. The topological polar surface area (TPSA) is 66.8 Å². The maximum absolute atomic E-state index is 14.1. The molecule has 0 aliphatic heterocycles. The number of nitrogens with zero attached hydrogens (tertiary/aromatic N) is 1. The van der Waals surface area contributed by atoms with E-state index in [4.69, 9.17) is 4.74 Å². The van der Waals surface area contributed by atoms with Gasteiger partial charge < -0.3 is 14.7 Å². The zero-order valence-corrected chi connectivity index (χ0v) is 29.3. The Morgan fingerprint density at radius 3 is 1.83 bits per heavy atom. The van der Waals surface area contributed by atoms with Crippen LogP contribution in [0.15, 0.2) is 91.0 Å². The first-order valence-electron chi connectivity index (χ1n) is 17.7. The Bertz CT molecular complexity index is 1670. The molecule has 250 valence electrons. The molecule has 6 heteroatoms. The molecular weight excluding hydrogens is 613 g/mol. The fourth-order valence-electron chi connectivity index (χ4n) is 7.88. The van der Waals surface area contributed by atoms with Gasteiger partial charge in [0.25, 0.3) is 0 Å². The minimum Gasteiger partial charge on any atom is -0.478 e. The van der Waals surface area contributed by atoms with E-state index in [1.165, 1.54) is 69.5 Å². The Kier molecular flexibility index (Phi) is 11.3. The highest BCUT2D eigenvalue weighted by atomic mass is 31.1. The average molecular weight is 662 g/mol. The van der Waals surface area contributed by atoms with Crippen LogP contribution in [0.4, 0.5) is 5.69 Å². The lowest BCUT2D eigenvalue weighted by molar-refractivity contribution is 0.0463. The highest BCUT2D eigenvalue weighted by Crippen LogP contribution is 2.58. The van der Waals surface area contributed by atoms with Crippen LogP contribution >= 0.6 is 7.92 Å². The van der Waals surface area contributed by atoms with E-state index in [0.717, 1.165) is 33.5 Å².